The number of hydrogen-bond donors (Lipinski definition) is 1. The molecule has 6 heteroatoms. The quantitative estimate of drug-likeness (QED) is 0.782. The molecule has 2 aromatic carbocycles. The Balaban J connectivity index is 1.47. The van der Waals surface area contributed by atoms with E-state index in [1.54, 1.807) is 6.07 Å². The highest BCUT2D eigenvalue weighted by atomic mass is 16.5. The van der Waals surface area contributed by atoms with Crippen LogP contribution in [0.3, 0.4) is 0 Å². The molecule has 6 nitrogen and oxygen atoms in total. The van der Waals surface area contributed by atoms with Gasteiger partial charge in [-0.05, 0) is 42.2 Å². The van der Waals surface area contributed by atoms with Crippen molar-refractivity contribution < 1.29 is 13.9 Å². The van der Waals surface area contributed by atoms with Gasteiger partial charge in [-0.25, -0.2) is 4.79 Å². The molecule has 2 heterocycles. The molecule has 0 saturated carbocycles. The number of benzene rings is 2. The first kappa shape index (κ1) is 16.6. The second-order valence-electron chi connectivity index (χ2n) is 6.54. The Morgan fingerprint density at radius 3 is 3.00 bits per heavy atom. The van der Waals surface area contributed by atoms with Crippen LogP contribution in [0.4, 0.5) is 0 Å². The average Bonchev–Trinajstić information content (AvgIpc) is 2.95. The molecule has 0 saturated heterocycles. The molecule has 1 aliphatic rings. The lowest BCUT2D eigenvalue weighted by molar-refractivity contribution is -0.122. The van der Waals surface area contributed by atoms with Crippen molar-refractivity contribution in [3.63, 3.8) is 0 Å². The molecule has 1 amide bonds. The highest BCUT2D eigenvalue weighted by Gasteiger charge is 2.21. The van der Waals surface area contributed by atoms with Crippen molar-refractivity contribution in [2.24, 2.45) is 0 Å². The van der Waals surface area contributed by atoms with Gasteiger partial charge in [0.15, 0.2) is 5.58 Å². The van der Waals surface area contributed by atoms with Gasteiger partial charge in [-0.1, -0.05) is 30.3 Å². The fourth-order valence-corrected chi connectivity index (χ4v) is 3.37. The normalized spacial score (nSPS) is 16.4. The second kappa shape index (κ2) is 6.80. The molecule has 1 aromatic heterocycles. The van der Waals surface area contributed by atoms with Gasteiger partial charge in [0.25, 0.3) is 0 Å². The minimum absolute atomic E-state index is 0.0797. The lowest BCUT2D eigenvalue weighted by Crippen LogP contribution is -2.35. The van der Waals surface area contributed by atoms with Crippen molar-refractivity contribution >= 4 is 17.0 Å². The Morgan fingerprint density at radius 1 is 1.27 bits per heavy atom. The molecule has 0 radical (unpaired) electrons. The molecule has 0 unspecified atom stereocenters. The summed E-state index contributed by atoms with van der Waals surface area (Å²) in [7, 11) is 0. The Bertz CT molecular complexity index is 1020. The monoisotopic (exact) mass is 352 g/mol. The van der Waals surface area contributed by atoms with Gasteiger partial charge >= 0.3 is 5.76 Å². The van der Waals surface area contributed by atoms with E-state index in [4.69, 9.17) is 9.15 Å². The topological polar surface area (TPSA) is 73.5 Å². The van der Waals surface area contributed by atoms with Crippen LogP contribution in [-0.2, 0) is 22.5 Å². The van der Waals surface area contributed by atoms with Gasteiger partial charge in [-0.2, -0.15) is 0 Å². The number of amides is 1. The van der Waals surface area contributed by atoms with E-state index in [1.807, 2.05) is 37.3 Å². The van der Waals surface area contributed by atoms with Crippen LogP contribution in [0.2, 0.25) is 0 Å². The number of aryl methyl sites for hydroxylation is 1. The number of ether oxygens (including phenoxy) is 1. The highest BCUT2D eigenvalue weighted by Crippen LogP contribution is 2.26. The van der Waals surface area contributed by atoms with E-state index in [9.17, 15) is 9.59 Å². The summed E-state index contributed by atoms with van der Waals surface area (Å²) in [5.74, 6) is -0.775. The van der Waals surface area contributed by atoms with Gasteiger partial charge in [0.1, 0.15) is 12.6 Å². The first-order valence-corrected chi connectivity index (χ1v) is 8.68. The Labute approximate surface area is 150 Å². The molecule has 134 valence electrons. The summed E-state index contributed by atoms with van der Waals surface area (Å²) in [6.45, 7) is 2.87. The number of aromatic nitrogens is 1. The molecule has 1 atom stereocenters. The first-order valence-electron chi connectivity index (χ1n) is 8.68. The maximum atomic E-state index is 12.4. The number of carbonyl (C=O) groups is 1. The molecule has 0 aliphatic carbocycles. The summed E-state index contributed by atoms with van der Waals surface area (Å²) in [4.78, 5) is 24.4. The SMILES string of the molecule is Cc1ccc2oc(=O)n(CC(=O)NC[C@@H]3OCCc4ccccc43)c2c1. The third kappa shape index (κ3) is 3.15. The van der Waals surface area contributed by atoms with E-state index >= 15 is 0 Å². The number of hydrogen-bond acceptors (Lipinski definition) is 4. The average molecular weight is 352 g/mol. The molecule has 0 fully saturated rings. The van der Waals surface area contributed by atoms with Crippen molar-refractivity contribution in [2.75, 3.05) is 13.2 Å². The number of nitrogens with one attached hydrogen (secondary N) is 1. The maximum absolute atomic E-state index is 12.4. The first-order chi connectivity index (χ1) is 12.6. The van der Waals surface area contributed by atoms with Crippen LogP contribution in [0.25, 0.3) is 11.1 Å². The van der Waals surface area contributed by atoms with Crippen LogP contribution in [0, 0.1) is 6.92 Å². The van der Waals surface area contributed by atoms with Crippen molar-refractivity contribution in [3.05, 3.63) is 69.7 Å². The summed E-state index contributed by atoms with van der Waals surface area (Å²) in [5, 5.41) is 2.87. The minimum atomic E-state index is -0.528. The van der Waals surface area contributed by atoms with Crippen LogP contribution >= 0.6 is 0 Å². The summed E-state index contributed by atoms with van der Waals surface area (Å²) in [6, 6.07) is 13.6. The van der Waals surface area contributed by atoms with Crippen LogP contribution in [-0.4, -0.2) is 23.6 Å². The number of fused-ring (bicyclic) bond motifs is 2. The fraction of sp³-hybridized carbons (Fsp3) is 0.300. The zero-order valence-corrected chi connectivity index (χ0v) is 14.5. The lowest BCUT2D eigenvalue weighted by atomic mass is 9.97. The molecule has 0 spiro atoms. The summed E-state index contributed by atoms with van der Waals surface area (Å²) in [5.41, 5.74) is 4.48. The summed E-state index contributed by atoms with van der Waals surface area (Å²) < 4.78 is 12.4. The molecule has 4 rings (SSSR count). The molecule has 1 N–H and O–H groups in total. The number of rotatable bonds is 4. The second-order valence-corrected chi connectivity index (χ2v) is 6.54. The Hall–Kier alpha value is -2.86. The Kier molecular flexibility index (Phi) is 4.34. The van der Waals surface area contributed by atoms with Gasteiger partial charge in [-0.3, -0.25) is 9.36 Å². The minimum Gasteiger partial charge on any atom is -0.408 e. The third-order valence-electron chi connectivity index (χ3n) is 4.70. The zero-order valence-electron chi connectivity index (χ0n) is 14.5. The molecule has 3 aromatic rings. The van der Waals surface area contributed by atoms with Crippen LogP contribution in [0.5, 0.6) is 0 Å². The van der Waals surface area contributed by atoms with Crippen molar-refractivity contribution in [1.29, 1.82) is 0 Å². The smallest absolute Gasteiger partial charge is 0.408 e. The maximum Gasteiger partial charge on any atom is 0.420 e. The lowest BCUT2D eigenvalue weighted by Gasteiger charge is -2.26. The van der Waals surface area contributed by atoms with E-state index in [-0.39, 0.29) is 18.6 Å². The molecule has 1 aliphatic heterocycles. The van der Waals surface area contributed by atoms with Crippen LogP contribution in [0.15, 0.2) is 51.7 Å². The van der Waals surface area contributed by atoms with Crippen LogP contribution < -0.4 is 11.1 Å². The van der Waals surface area contributed by atoms with Gasteiger partial charge in [0.05, 0.1) is 12.1 Å². The molecular formula is C20H20N2O4. The number of carbonyl (C=O) groups excluding carboxylic acids is 1. The number of oxazole rings is 1. The largest absolute Gasteiger partial charge is 0.420 e. The zero-order chi connectivity index (χ0) is 18.1. The van der Waals surface area contributed by atoms with Crippen molar-refractivity contribution in [1.82, 2.24) is 9.88 Å². The van der Waals surface area contributed by atoms with Crippen LogP contribution in [0.1, 0.15) is 22.8 Å². The van der Waals surface area contributed by atoms with Crippen molar-refractivity contribution in [3.8, 4) is 0 Å². The predicted octanol–water partition coefficient (Wildman–Crippen LogP) is 2.33. The van der Waals surface area contributed by atoms with Gasteiger partial charge in [-0.15, -0.1) is 0 Å². The van der Waals surface area contributed by atoms with E-state index in [1.165, 1.54) is 10.1 Å². The van der Waals surface area contributed by atoms with E-state index in [0.29, 0.717) is 24.3 Å². The van der Waals surface area contributed by atoms with Gasteiger partial charge < -0.3 is 14.5 Å². The van der Waals surface area contributed by atoms with E-state index in [0.717, 1.165) is 17.5 Å². The summed E-state index contributed by atoms with van der Waals surface area (Å²) in [6.07, 6.45) is 0.722. The fourth-order valence-electron chi connectivity index (χ4n) is 3.37. The van der Waals surface area contributed by atoms with Gasteiger partial charge in [0, 0.05) is 6.54 Å². The predicted molar refractivity (Wildman–Crippen MR) is 97.1 cm³/mol. The molecular weight excluding hydrogens is 332 g/mol. The third-order valence-corrected chi connectivity index (χ3v) is 4.70. The Morgan fingerprint density at radius 2 is 2.12 bits per heavy atom. The molecule has 26 heavy (non-hydrogen) atoms. The highest BCUT2D eigenvalue weighted by molar-refractivity contribution is 5.79. The standard InChI is InChI=1S/C20H20N2O4/c1-13-6-7-17-16(10-13)22(20(24)26-17)12-19(23)21-11-18-15-5-3-2-4-14(15)8-9-25-18/h2-7,10,18H,8-9,11-12H2,1H3,(H,21,23)/t18-/m0/s1. The van der Waals surface area contributed by atoms with E-state index in [2.05, 4.69) is 11.4 Å². The summed E-state index contributed by atoms with van der Waals surface area (Å²) >= 11 is 0. The number of nitrogens with zero attached hydrogens (tertiary/aromatic N) is 1. The van der Waals surface area contributed by atoms with Gasteiger partial charge in [0.2, 0.25) is 5.91 Å². The molecule has 0 bridgehead atoms. The van der Waals surface area contributed by atoms with E-state index < -0.39 is 5.76 Å². The van der Waals surface area contributed by atoms with Crippen molar-refractivity contribution in [2.45, 2.75) is 26.0 Å².